The van der Waals surface area contributed by atoms with Gasteiger partial charge in [-0.05, 0) is 50.3 Å². The van der Waals surface area contributed by atoms with Crippen LogP contribution in [0.4, 0.5) is 9.18 Å². The van der Waals surface area contributed by atoms with E-state index in [2.05, 4.69) is 0 Å². The zero-order valence-corrected chi connectivity index (χ0v) is 15.5. The normalized spacial score (nSPS) is 18.1. The summed E-state index contributed by atoms with van der Waals surface area (Å²) in [6, 6.07) is 4.46. The molecule has 1 heterocycles. The first-order chi connectivity index (χ1) is 12.9. The van der Waals surface area contributed by atoms with Gasteiger partial charge in [0.15, 0.2) is 17.2 Å². The van der Waals surface area contributed by atoms with E-state index in [4.69, 9.17) is 9.47 Å². The Morgan fingerprint density at radius 2 is 2.04 bits per heavy atom. The molecular weight excluding hydrogens is 355 g/mol. The zero-order valence-electron chi connectivity index (χ0n) is 15.5. The number of rotatable bonds is 6. The van der Waals surface area contributed by atoms with Gasteiger partial charge >= 0.3 is 6.09 Å². The number of amides is 3. The number of hydrogen-bond acceptors (Lipinski definition) is 5. The summed E-state index contributed by atoms with van der Waals surface area (Å²) in [4.78, 5) is 39.7. The van der Waals surface area contributed by atoms with E-state index in [1.165, 1.54) is 24.1 Å². The average molecular weight is 378 g/mol. The standard InChI is InChI=1S/C19H23FN2O5/c1-3-21(11-13-6-7-15(26-2)14(20)10-13)16(23)12-22-17(24)19(27-18(22)25)8-4-5-9-19/h6-7,10H,3-5,8-9,11-12H2,1-2H3. The predicted molar refractivity (Wildman–Crippen MR) is 93.4 cm³/mol. The van der Waals surface area contributed by atoms with Gasteiger partial charge in [0.2, 0.25) is 5.91 Å². The Morgan fingerprint density at radius 3 is 2.63 bits per heavy atom. The Kier molecular flexibility index (Phi) is 5.34. The number of halogens is 1. The fourth-order valence-electron chi connectivity index (χ4n) is 3.63. The topological polar surface area (TPSA) is 76.2 Å². The molecule has 1 aliphatic carbocycles. The van der Waals surface area contributed by atoms with Crippen molar-refractivity contribution < 1.29 is 28.2 Å². The SMILES string of the molecule is CCN(Cc1ccc(OC)c(F)c1)C(=O)CN1C(=O)OC2(CCCC2)C1=O. The van der Waals surface area contributed by atoms with Gasteiger partial charge in [-0.25, -0.2) is 14.1 Å². The second-order valence-corrected chi connectivity index (χ2v) is 6.84. The van der Waals surface area contributed by atoms with Gasteiger partial charge in [-0.15, -0.1) is 0 Å². The summed E-state index contributed by atoms with van der Waals surface area (Å²) in [6.45, 7) is 1.93. The molecule has 0 unspecified atom stereocenters. The highest BCUT2D eigenvalue weighted by Gasteiger charge is 2.55. The van der Waals surface area contributed by atoms with Crippen LogP contribution in [0, 0.1) is 5.82 Å². The number of carbonyl (C=O) groups is 3. The Bertz CT molecular complexity index is 760. The van der Waals surface area contributed by atoms with Crippen LogP contribution in [0.15, 0.2) is 18.2 Å². The molecule has 8 heteroatoms. The van der Waals surface area contributed by atoms with Crippen molar-refractivity contribution in [3.63, 3.8) is 0 Å². The maximum Gasteiger partial charge on any atom is 0.418 e. The van der Waals surface area contributed by atoms with Crippen LogP contribution in [0.3, 0.4) is 0 Å². The minimum absolute atomic E-state index is 0.125. The number of carbonyl (C=O) groups excluding carboxylic acids is 3. The molecule has 1 spiro atoms. The maximum absolute atomic E-state index is 13.9. The maximum atomic E-state index is 13.9. The van der Waals surface area contributed by atoms with Gasteiger partial charge in [0, 0.05) is 13.1 Å². The molecule has 146 valence electrons. The molecule has 1 saturated heterocycles. The van der Waals surface area contributed by atoms with Gasteiger partial charge in [-0.3, -0.25) is 9.59 Å². The molecule has 0 aromatic heterocycles. The van der Waals surface area contributed by atoms with E-state index < -0.39 is 29.3 Å². The van der Waals surface area contributed by atoms with Crippen molar-refractivity contribution in [3.05, 3.63) is 29.6 Å². The Balaban J connectivity index is 1.67. The number of methoxy groups -OCH3 is 1. The molecule has 0 radical (unpaired) electrons. The highest BCUT2D eigenvalue weighted by molar-refractivity contribution is 6.05. The number of imide groups is 1. The van der Waals surface area contributed by atoms with Gasteiger partial charge in [-0.1, -0.05) is 6.07 Å². The number of likely N-dealkylation sites (N-methyl/N-ethyl adjacent to an activating group) is 1. The van der Waals surface area contributed by atoms with E-state index >= 15 is 0 Å². The van der Waals surface area contributed by atoms with Crippen LogP contribution < -0.4 is 4.74 Å². The summed E-state index contributed by atoms with van der Waals surface area (Å²) < 4.78 is 24.1. The number of benzene rings is 1. The Morgan fingerprint density at radius 1 is 1.33 bits per heavy atom. The molecule has 27 heavy (non-hydrogen) atoms. The lowest BCUT2D eigenvalue weighted by Crippen LogP contribution is -2.45. The van der Waals surface area contributed by atoms with E-state index in [0.717, 1.165) is 17.7 Å². The van der Waals surface area contributed by atoms with Crippen LogP contribution in [0.25, 0.3) is 0 Å². The van der Waals surface area contributed by atoms with E-state index in [0.29, 0.717) is 24.9 Å². The van der Waals surface area contributed by atoms with Crippen LogP contribution in [-0.4, -0.2) is 53.5 Å². The summed E-state index contributed by atoms with van der Waals surface area (Å²) in [6.07, 6.45) is 1.90. The minimum Gasteiger partial charge on any atom is -0.494 e. The van der Waals surface area contributed by atoms with Gasteiger partial charge in [-0.2, -0.15) is 0 Å². The van der Waals surface area contributed by atoms with Crippen LogP contribution >= 0.6 is 0 Å². The first kappa shape index (κ1) is 19.1. The van der Waals surface area contributed by atoms with Gasteiger partial charge in [0.25, 0.3) is 5.91 Å². The van der Waals surface area contributed by atoms with Crippen molar-refractivity contribution >= 4 is 17.9 Å². The first-order valence-corrected chi connectivity index (χ1v) is 9.05. The van der Waals surface area contributed by atoms with Crippen LogP contribution in [0.5, 0.6) is 5.75 Å². The highest BCUT2D eigenvalue weighted by atomic mass is 19.1. The van der Waals surface area contributed by atoms with Crippen molar-refractivity contribution in [2.45, 2.75) is 44.8 Å². The van der Waals surface area contributed by atoms with Crippen molar-refractivity contribution in [2.24, 2.45) is 0 Å². The summed E-state index contributed by atoms with van der Waals surface area (Å²) >= 11 is 0. The molecule has 2 fully saturated rings. The third-order valence-corrected chi connectivity index (χ3v) is 5.17. The lowest BCUT2D eigenvalue weighted by atomic mass is 10.0. The monoisotopic (exact) mass is 378 g/mol. The summed E-state index contributed by atoms with van der Waals surface area (Å²) in [7, 11) is 1.38. The van der Waals surface area contributed by atoms with Crippen LogP contribution in [0.1, 0.15) is 38.2 Å². The van der Waals surface area contributed by atoms with Crippen LogP contribution in [-0.2, 0) is 20.9 Å². The van der Waals surface area contributed by atoms with Gasteiger partial charge in [0.1, 0.15) is 6.54 Å². The molecule has 0 bridgehead atoms. The van der Waals surface area contributed by atoms with Crippen molar-refractivity contribution in [2.75, 3.05) is 20.2 Å². The van der Waals surface area contributed by atoms with E-state index in [9.17, 15) is 18.8 Å². The number of hydrogen-bond donors (Lipinski definition) is 0. The van der Waals surface area contributed by atoms with E-state index in [1.54, 1.807) is 13.0 Å². The number of ether oxygens (including phenoxy) is 2. The molecule has 7 nitrogen and oxygen atoms in total. The Labute approximate surface area is 157 Å². The average Bonchev–Trinajstić information content (AvgIpc) is 3.20. The fraction of sp³-hybridized carbons (Fsp3) is 0.526. The van der Waals surface area contributed by atoms with Crippen molar-refractivity contribution in [3.8, 4) is 5.75 Å². The lowest BCUT2D eigenvalue weighted by Gasteiger charge is -2.23. The van der Waals surface area contributed by atoms with Crippen molar-refractivity contribution in [1.82, 2.24) is 9.80 Å². The lowest BCUT2D eigenvalue weighted by molar-refractivity contribution is -0.141. The van der Waals surface area contributed by atoms with Crippen molar-refractivity contribution in [1.29, 1.82) is 0 Å². The molecule has 3 amide bonds. The molecule has 0 atom stereocenters. The van der Waals surface area contributed by atoms with E-state index in [1.807, 2.05) is 0 Å². The molecule has 1 saturated carbocycles. The first-order valence-electron chi connectivity index (χ1n) is 9.05. The third kappa shape index (κ3) is 3.61. The van der Waals surface area contributed by atoms with Crippen LogP contribution in [0.2, 0.25) is 0 Å². The fourth-order valence-corrected chi connectivity index (χ4v) is 3.63. The molecule has 3 rings (SSSR count). The van der Waals surface area contributed by atoms with Gasteiger partial charge in [0.05, 0.1) is 7.11 Å². The molecule has 2 aliphatic rings. The largest absolute Gasteiger partial charge is 0.494 e. The predicted octanol–water partition coefficient (Wildman–Crippen LogP) is 2.47. The second-order valence-electron chi connectivity index (χ2n) is 6.84. The summed E-state index contributed by atoms with van der Waals surface area (Å²) in [5.41, 5.74) is -0.487. The smallest absolute Gasteiger partial charge is 0.418 e. The van der Waals surface area contributed by atoms with Gasteiger partial charge < -0.3 is 14.4 Å². The molecule has 1 aromatic rings. The zero-order chi connectivity index (χ0) is 19.6. The summed E-state index contributed by atoms with van der Waals surface area (Å²) in [5, 5.41) is 0. The molecule has 1 aliphatic heterocycles. The number of nitrogens with zero attached hydrogens (tertiary/aromatic N) is 2. The van der Waals surface area contributed by atoms with E-state index in [-0.39, 0.29) is 18.8 Å². The third-order valence-electron chi connectivity index (χ3n) is 5.17. The molecular formula is C19H23FN2O5. The molecule has 0 N–H and O–H groups in total. The second kappa shape index (κ2) is 7.54. The Hall–Kier alpha value is -2.64. The quantitative estimate of drug-likeness (QED) is 0.760. The highest BCUT2D eigenvalue weighted by Crippen LogP contribution is 2.39. The minimum atomic E-state index is -1.08. The summed E-state index contributed by atoms with van der Waals surface area (Å²) in [5.74, 6) is -1.21. The molecule has 1 aromatic carbocycles.